The number of urea groups is 1. The van der Waals surface area contributed by atoms with E-state index in [0.29, 0.717) is 11.5 Å². The molecule has 130 valence electrons. The lowest BCUT2D eigenvalue weighted by Crippen LogP contribution is -2.19. The number of benzene rings is 2. The number of imidazole rings is 1. The van der Waals surface area contributed by atoms with Crippen molar-refractivity contribution in [2.24, 2.45) is 5.73 Å². The van der Waals surface area contributed by atoms with E-state index in [1.54, 1.807) is 6.33 Å². The Morgan fingerprint density at radius 1 is 1.12 bits per heavy atom. The molecule has 0 aliphatic heterocycles. The molecule has 5 N–H and O–H groups in total. The number of hydrogen-bond acceptors (Lipinski definition) is 4. The summed E-state index contributed by atoms with van der Waals surface area (Å²) in [6.07, 6.45) is 2.62. The second kappa shape index (κ2) is 6.36. The molecule has 4 rings (SSSR count). The molecular weight excluding hydrogens is 328 g/mol. The fourth-order valence-corrected chi connectivity index (χ4v) is 3.12. The van der Waals surface area contributed by atoms with Crippen LogP contribution in [0.25, 0.3) is 21.9 Å². The Labute approximate surface area is 149 Å². The van der Waals surface area contributed by atoms with Crippen LogP contribution in [0.4, 0.5) is 16.3 Å². The zero-order valence-corrected chi connectivity index (χ0v) is 14.0. The Balaban J connectivity index is 1.62. The maximum Gasteiger partial charge on any atom is 0.316 e. The SMILES string of the molecule is NC(=O)Nc1ccc(CCn2cnc3c(N)nc4ccccc4c32)cc1. The maximum atomic E-state index is 10.9. The highest BCUT2D eigenvalue weighted by Crippen LogP contribution is 2.27. The summed E-state index contributed by atoms with van der Waals surface area (Å²) in [6, 6.07) is 15.0. The van der Waals surface area contributed by atoms with Crippen molar-refractivity contribution in [3.05, 3.63) is 60.4 Å². The van der Waals surface area contributed by atoms with Crippen molar-refractivity contribution in [1.82, 2.24) is 14.5 Å². The molecular formula is C19H18N6O. The largest absolute Gasteiger partial charge is 0.382 e. The van der Waals surface area contributed by atoms with Crippen LogP contribution in [0.2, 0.25) is 0 Å². The number of anilines is 2. The summed E-state index contributed by atoms with van der Waals surface area (Å²) in [7, 11) is 0. The number of nitrogens with one attached hydrogen (secondary N) is 1. The highest BCUT2D eigenvalue weighted by atomic mass is 16.2. The lowest BCUT2D eigenvalue weighted by Gasteiger charge is -2.08. The standard InChI is InChI=1S/C19H18N6O/c20-18-16-17(14-3-1-2-4-15(14)24-18)25(11-22-16)10-9-12-5-7-13(8-6-12)23-19(21)26/h1-8,11H,9-10H2,(H2,20,24)(H3,21,23,26). The number of carbonyl (C=O) groups excluding carboxylic acids is 1. The second-order valence-corrected chi connectivity index (χ2v) is 6.09. The van der Waals surface area contributed by atoms with E-state index in [0.717, 1.165) is 40.5 Å². The summed E-state index contributed by atoms with van der Waals surface area (Å²) in [5.41, 5.74) is 15.6. The van der Waals surface area contributed by atoms with Gasteiger partial charge in [0.25, 0.3) is 0 Å². The summed E-state index contributed by atoms with van der Waals surface area (Å²) in [4.78, 5) is 19.7. The van der Waals surface area contributed by atoms with Crippen molar-refractivity contribution >= 4 is 39.5 Å². The van der Waals surface area contributed by atoms with E-state index < -0.39 is 6.03 Å². The van der Waals surface area contributed by atoms with Crippen LogP contribution in [0.1, 0.15) is 5.56 Å². The summed E-state index contributed by atoms with van der Waals surface area (Å²) in [5, 5.41) is 3.59. The van der Waals surface area contributed by atoms with Crippen LogP contribution in [-0.2, 0) is 13.0 Å². The molecule has 0 fully saturated rings. The van der Waals surface area contributed by atoms with Crippen LogP contribution >= 0.6 is 0 Å². The first kappa shape index (κ1) is 15.9. The number of fused-ring (bicyclic) bond motifs is 3. The number of nitrogens with two attached hydrogens (primary N) is 2. The number of amides is 2. The Kier molecular flexibility index (Phi) is 3.89. The van der Waals surface area contributed by atoms with Gasteiger partial charge in [-0.25, -0.2) is 14.8 Å². The van der Waals surface area contributed by atoms with Gasteiger partial charge in [-0.15, -0.1) is 0 Å². The van der Waals surface area contributed by atoms with E-state index in [4.69, 9.17) is 11.5 Å². The van der Waals surface area contributed by atoms with Crippen molar-refractivity contribution in [3.63, 3.8) is 0 Å². The fraction of sp³-hybridized carbons (Fsp3) is 0.105. The predicted octanol–water partition coefficient (Wildman–Crippen LogP) is 2.90. The van der Waals surface area contributed by atoms with E-state index >= 15 is 0 Å². The summed E-state index contributed by atoms with van der Waals surface area (Å²) >= 11 is 0. The normalized spacial score (nSPS) is 11.1. The third kappa shape index (κ3) is 2.90. The van der Waals surface area contributed by atoms with Gasteiger partial charge in [-0.05, 0) is 30.2 Å². The smallest absolute Gasteiger partial charge is 0.316 e. The van der Waals surface area contributed by atoms with Crippen molar-refractivity contribution in [3.8, 4) is 0 Å². The number of hydrogen-bond donors (Lipinski definition) is 3. The molecule has 2 aromatic heterocycles. The molecule has 0 saturated carbocycles. The third-order valence-electron chi connectivity index (χ3n) is 4.34. The molecule has 0 aliphatic rings. The van der Waals surface area contributed by atoms with Gasteiger partial charge >= 0.3 is 6.03 Å². The highest BCUT2D eigenvalue weighted by Gasteiger charge is 2.12. The van der Waals surface area contributed by atoms with Crippen LogP contribution < -0.4 is 16.8 Å². The molecule has 0 saturated heterocycles. The van der Waals surface area contributed by atoms with Gasteiger partial charge in [-0.3, -0.25) is 0 Å². The number of nitrogens with zero attached hydrogens (tertiary/aromatic N) is 3. The monoisotopic (exact) mass is 346 g/mol. The van der Waals surface area contributed by atoms with Gasteiger partial charge < -0.3 is 21.4 Å². The van der Waals surface area contributed by atoms with Crippen molar-refractivity contribution in [2.75, 3.05) is 11.1 Å². The van der Waals surface area contributed by atoms with Gasteiger partial charge in [0.2, 0.25) is 0 Å². The minimum absolute atomic E-state index is 0.444. The minimum atomic E-state index is -0.569. The molecule has 0 atom stereocenters. The number of carbonyl (C=O) groups is 1. The predicted molar refractivity (Wildman–Crippen MR) is 103 cm³/mol. The lowest BCUT2D eigenvalue weighted by molar-refractivity contribution is 0.259. The number of aromatic nitrogens is 3. The molecule has 0 spiro atoms. The average Bonchev–Trinajstić information content (AvgIpc) is 3.06. The van der Waals surface area contributed by atoms with Crippen LogP contribution in [0.5, 0.6) is 0 Å². The minimum Gasteiger partial charge on any atom is -0.382 e. The molecule has 0 radical (unpaired) electrons. The van der Waals surface area contributed by atoms with Crippen molar-refractivity contribution in [1.29, 1.82) is 0 Å². The number of rotatable bonds is 4. The molecule has 2 amide bonds. The molecule has 7 nitrogen and oxygen atoms in total. The quantitative estimate of drug-likeness (QED) is 0.527. The zero-order valence-electron chi connectivity index (χ0n) is 14.0. The van der Waals surface area contributed by atoms with E-state index in [9.17, 15) is 4.79 Å². The first-order valence-corrected chi connectivity index (χ1v) is 8.26. The molecule has 26 heavy (non-hydrogen) atoms. The Morgan fingerprint density at radius 3 is 2.65 bits per heavy atom. The van der Waals surface area contributed by atoms with Gasteiger partial charge in [-0.2, -0.15) is 0 Å². The van der Waals surface area contributed by atoms with Crippen LogP contribution in [-0.4, -0.2) is 20.6 Å². The lowest BCUT2D eigenvalue weighted by atomic mass is 10.1. The van der Waals surface area contributed by atoms with E-state index in [-0.39, 0.29) is 0 Å². The summed E-state index contributed by atoms with van der Waals surface area (Å²) in [5.74, 6) is 0.444. The molecule has 2 heterocycles. The molecule has 2 aromatic carbocycles. The van der Waals surface area contributed by atoms with Gasteiger partial charge in [0.05, 0.1) is 17.4 Å². The number of pyridine rings is 1. The molecule has 7 heteroatoms. The molecule has 0 aliphatic carbocycles. The molecule has 0 unspecified atom stereocenters. The van der Waals surface area contributed by atoms with Gasteiger partial charge in [0, 0.05) is 17.6 Å². The Hall–Kier alpha value is -3.61. The topological polar surface area (TPSA) is 112 Å². The Bertz CT molecular complexity index is 1100. The second-order valence-electron chi connectivity index (χ2n) is 6.09. The number of nitrogen functional groups attached to an aromatic ring is 1. The van der Waals surface area contributed by atoms with Crippen LogP contribution in [0, 0.1) is 0 Å². The summed E-state index contributed by atoms with van der Waals surface area (Å²) in [6.45, 7) is 0.756. The number of primary amides is 1. The Morgan fingerprint density at radius 2 is 1.88 bits per heavy atom. The van der Waals surface area contributed by atoms with E-state index in [1.807, 2.05) is 48.5 Å². The number of aryl methyl sites for hydroxylation is 2. The van der Waals surface area contributed by atoms with E-state index in [2.05, 4.69) is 19.9 Å². The van der Waals surface area contributed by atoms with Gasteiger partial charge in [0.15, 0.2) is 5.82 Å². The average molecular weight is 346 g/mol. The van der Waals surface area contributed by atoms with Gasteiger partial charge in [-0.1, -0.05) is 30.3 Å². The van der Waals surface area contributed by atoms with Crippen LogP contribution in [0.3, 0.4) is 0 Å². The summed E-state index contributed by atoms with van der Waals surface area (Å²) < 4.78 is 2.10. The molecule has 4 aromatic rings. The zero-order chi connectivity index (χ0) is 18.1. The first-order valence-electron chi connectivity index (χ1n) is 8.26. The maximum absolute atomic E-state index is 10.9. The van der Waals surface area contributed by atoms with Crippen LogP contribution in [0.15, 0.2) is 54.9 Å². The van der Waals surface area contributed by atoms with Crippen molar-refractivity contribution in [2.45, 2.75) is 13.0 Å². The highest BCUT2D eigenvalue weighted by molar-refractivity contribution is 6.06. The third-order valence-corrected chi connectivity index (χ3v) is 4.34. The van der Waals surface area contributed by atoms with E-state index in [1.165, 1.54) is 0 Å². The fourth-order valence-electron chi connectivity index (χ4n) is 3.12. The van der Waals surface area contributed by atoms with Crippen molar-refractivity contribution < 1.29 is 4.79 Å². The molecule has 0 bridgehead atoms. The van der Waals surface area contributed by atoms with Gasteiger partial charge in [0.1, 0.15) is 5.52 Å². The number of para-hydroxylation sites is 1. The first-order chi connectivity index (χ1) is 12.6.